The van der Waals surface area contributed by atoms with Gasteiger partial charge in [0.15, 0.2) is 0 Å². The predicted octanol–water partition coefficient (Wildman–Crippen LogP) is 4.56. The number of allylic oxidation sites excluding steroid dienone is 2. The highest BCUT2D eigenvalue weighted by Crippen LogP contribution is 2.64. The largest absolute Gasteiger partial charge is 0.393 e. The van der Waals surface area contributed by atoms with Gasteiger partial charge < -0.3 is 5.11 Å². The van der Waals surface area contributed by atoms with Gasteiger partial charge in [-0.25, -0.2) is 0 Å². The van der Waals surface area contributed by atoms with Gasteiger partial charge in [-0.05, 0) is 85.9 Å². The van der Waals surface area contributed by atoms with Crippen LogP contribution >= 0.6 is 0 Å². The topological polar surface area (TPSA) is 20.2 Å². The fourth-order valence-electron chi connectivity index (χ4n) is 6.72. The van der Waals surface area contributed by atoms with E-state index in [0.29, 0.717) is 10.8 Å². The first-order valence-corrected chi connectivity index (χ1v) is 8.89. The molecule has 4 aliphatic carbocycles. The molecule has 1 heteroatoms. The lowest BCUT2D eigenvalue weighted by Gasteiger charge is -2.60. The van der Waals surface area contributed by atoms with Crippen molar-refractivity contribution in [3.8, 4) is 0 Å². The van der Waals surface area contributed by atoms with Crippen LogP contribution in [0.4, 0.5) is 0 Å². The summed E-state index contributed by atoms with van der Waals surface area (Å²) in [6, 6.07) is 0. The van der Waals surface area contributed by atoms with Gasteiger partial charge in [-0.1, -0.05) is 26.0 Å². The Labute approximate surface area is 123 Å². The first-order chi connectivity index (χ1) is 9.53. The molecule has 0 heterocycles. The Morgan fingerprint density at radius 1 is 1.00 bits per heavy atom. The van der Waals surface area contributed by atoms with Crippen LogP contribution in [0.15, 0.2) is 12.2 Å². The van der Waals surface area contributed by atoms with E-state index < -0.39 is 0 Å². The van der Waals surface area contributed by atoms with Crippen LogP contribution in [-0.4, -0.2) is 11.2 Å². The molecule has 0 aromatic heterocycles. The molecule has 0 spiro atoms. The van der Waals surface area contributed by atoms with Crippen LogP contribution in [-0.2, 0) is 0 Å². The van der Waals surface area contributed by atoms with Gasteiger partial charge in [-0.3, -0.25) is 0 Å². The minimum absolute atomic E-state index is 0.00775. The number of hydrogen-bond acceptors (Lipinski definition) is 1. The van der Waals surface area contributed by atoms with E-state index in [0.717, 1.165) is 36.5 Å². The van der Waals surface area contributed by atoms with Crippen molar-refractivity contribution >= 4 is 0 Å². The van der Waals surface area contributed by atoms with Crippen molar-refractivity contribution in [1.82, 2.24) is 0 Å². The molecule has 0 bridgehead atoms. The Morgan fingerprint density at radius 2 is 1.85 bits per heavy atom. The molecule has 0 aromatic rings. The maximum Gasteiger partial charge on any atom is 0.0543 e. The summed E-state index contributed by atoms with van der Waals surface area (Å²) in [5, 5.41) is 10.0. The van der Waals surface area contributed by atoms with Crippen LogP contribution < -0.4 is 0 Å². The van der Waals surface area contributed by atoms with Crippen LogP contribution in [0.3, 0.4) is 0 Å². The molecular formula is C19H30O. The lowest BCUT2D eigenvalue weighted by Crippen LogP contribution is -2.53. The molecule has 0 amide bonds. The number of aliphatic hydroxyl groups is 1. The quantitative estimate of drug-likeness (QED) is 0.642. The lowest BCUT2D eigenvalue weighted by molar-refractivity contribution is -0.116. The molecule has 3 saturated carbocycles. The van der Waals surface area contributed by atoms with E-state index in [9.17, 15) is 5.11 Å². The minimum Gasteiger partial charge on any atom is -0.393 e. The summed E-state index contributed by atoms with van der Waals surface area (Å²) in [4.78, 5) is 0. The third-order valence-electron chi connectivity index (χ3n) is 7.96. The van der Waals surface area contributed by atoms with Gasteiger partial charge in [0.25, 0.3) is 0 Å². The van der Waals surface area contributed by atoms with E-state index >= 15 is 0 Å². The molecule has 3 fully saturated rings. The van der Waals surface area contributed by atoms with Crippen LogP contribution in [0, 0.1) is 34.5 Å². The van der Waals surface area contributed by atoms with Crippen molar-refractivity contribution in [2.24, 2.45) is 34.5 Å². The first-order valence-electron chi connectivity index (χ1n) is 8.89. The normalized spacial score (nSPS) is 57.9. The Balaban J connectivity index is 1.63. The Morgan fingerprint density at radius 3 is 2.70 bits per heavy atom. The number of aliphatic hydroxyl groups excluding tert-OH is 1. The molecule has 0 aromatic carbocycles. The van der Waals surface area contributed by atoms with Crippen molar-refractivity contribution in [2.45, 2.75) is 71.3 Å². The predicted molar refractivity (Wildman–Crippen MR) is 82.3 cm³/mol. The summed E-state index contributed by atoms with van der Waals surface area (Å²) in [5.74, 6) is 3.61. The van der Waals surface area contributed by atoms with Crippen molar-refractivity contribution in [3.05, 3.63) is 12.2 Å². The molecule has 112 valence electrons. The molecule has 1 nitrogen and oxygen atoms in total. The van der Waals surface area contributed by atoms with E-state index in [4.69, 9.17) is 0 Å². The van der Waals surface area contributed by atoms with Gasteiger partial charge >= 0.3 is 0 Å². The summed E-state index contributed by atoms with van der Waals surface area (Å²) >= 11 is 0. The van der Waals surface area contributed by atoms with Crippen molar-refractivity contribution < 1.29 is 5.11 Å². The second kappa shape index (κ2) is 4.35. The van der Waals surface area contributed by atoms with E-state index in [1.165, 1.54) is 38.5 Å². The molecule has 4 aliphatic rings. The minimum atomic E-state index is -0.00775. The third-order valence-corrected chi connectivity index (χ3v) is 7.96. The van der Waals surface area contributed by atoms with Gasteiger partial charge in [0, 0.05) is 0 Å². The zero-order valence-corrected chi connectivity index (χ0v) is 13.1. The van der Waals surface area contributed by atoms with Crippen LogP contribution in [0.1, 0.15) is 65.2 Å². The molecular weight excluding hydrogens is 244 g/mol. The van der Waals surface area contributed by atoms with E-state index in [-0.39, 0.29) is 6.10 Å². The molecule has 0 unspecified atom stereocenters. The molecule has 4 rings (SSSR count). The van der Waals surface area contributed by atoms with Crippen molar-refractivity contribution in [3.63, 3.8) is 0 Å². The van der Waals surface area contributed by atoms with E-state index in [1.54, 1.807) is 0 Å². The average molecular weight is 274 g/mol. The summed E-state index contributed by atoms with van der Waals surface area (Å²) in [7, 11) is 0. The zero-order chi connectivity index (χ0) is 14.0. The molecule has 0 aliphatic heterocycles. The molecule has 0 radical (unpaired) electrons. The van der Waals surface area contributed by atoms with Gasteiger partial charge in [0.1, 0.15) is 0 Å². The van der Waals surface area contributed by atoms with Gasteiger partial charge in [-0.2, -0.15) is 0 Å². The van der Waals surface area contributed by atoms with E-state index in [2.05, 4.69) is 26.0 Å². The second-order valence-corrected chi connectivity index (χ2v) is 8.77. The Kier molecular flexibility index (Phi) is 2.91. The Bertz CT molecular complexity index is 427. The van der Waals surface area contributed by atoms with Gasteiger partial charge in [0.05, 0.1) is 6.10 Å². The standard InChI is InChI=1S/C19H30O/c1-18-9-3-4-16(18)15-6-5-13-12-14(20)7-11-19(13,2)17(15)8-10-18/h3,9,13-17,20H,4-8,10-12H2,1-2H3/t13-,14+,15+,16-,17-,18-,19-/m0/s1. The fourth-order valence-corrected chi connectivity index (χ4v) is 6.72. The highest BCUT2D eigenvalue weighted by atomic mass is 16.3. The summed E-state index contributed by atoms with van der Waals surface area (Å²) in [6.07, 6.45) is 15.4. The maximum absolute atomic E-state index is 10.0. The van der Waals surface area contributed by atoms with Crippen LogP contribution in [0.25, 0.3) is 0 Å². The van der Waals surface area contributed by atoms with Gasteiger partial charge in [0.2, 0.25) is 0 Å². The smallest absolute Gasteiger partial charge is 0.0543 e. The summed E-state index contributed by atoms with van der Waals surface area (Å²) < 4.78 is 0. The maximum atomic E-state index is 10.0. The third kappa shape index (κ3) is 1.71. The monoisotopic (exact) mass is 274 g/mol. The SMILES string of the molecule is C[C@]12CC[C@@H](O)C[C@@H]1CC[C@H]1[C@@H]2CC[C@]2(C)C=CC[C@@H]12. The molecule has 0 saturated heterocycles. The fraction of sp³-hybridized carbons (Fsp3) is 0.895. The van der Waals surface area contributed by atoms with Crippen LogP contribution in [0.2, 0.25) is 0 Å². The molecule has 7 atom stereocenters. The van der Waals surface area contributed by atoms with Crippen molar-refractivity contribution in [2.75, 3.05) is 0 Å². The first kappa shape index (κ1) is 13.4. The summed E-state index contributed by atoms with van der Waals surface area (Å²) in [6.45, 7) is 5.09. The second-order valence-electron chi connectivity index (χ2n) is 8.77. The van der Waals surface area contributed by atoms with Crippen LogP contribution in [0.5, 0.6) is 0 Å². The van der Waals surface area contributed by atoms with E-state index in [1.807, 2.05) is 0 Å². The number of fused-ring (bicyclic) bond motifs is 5. The highest BCUT2D eigenvalue weighted by Gasteiger charge is 2.56. The lowest BCUT2D eigenvalue weighted by atomic mass is 9.45. The molecule has 1 N–H and O–H groups in total. The number of rotatable bonds is 0. The zero-order valence-electron chi connectivity index (χ0n) is 13.1. The van der Waals surface area contributed by atoms with Gasteiger partial charge in [-0.15, -0.1) is 0 Å². The number of hydrogen-bond donors (Lipinski definition) is 1. The average Bonchev–Trinajstić information content (AvgIpc) is 2.81. The Hall–Kier alpha value is -0.300. The molecule has 20 heavy (non-hydrogen) atoms. The highest BCUT2D eigenvalue weighted by molar-refractivity contribution is 5.16. The van der Waals surface area contributed by atoms with Crippen molar-refractivity contribution in [1.29, 1.82) is 0 Å². The summed E-state index contributed by atoms with van der Waals surface area (Å²) in [5.41, 5.74) is 1.05.